The Morgan fingerprint density at radius 2 is 1.70 bits per heavy atom. The van der Waals surface area contributed by atoms with Gasteiger partial charge in [-0.05, 0) is 48.4 Å². The molecule has 0 saturated carbocycles. The van der Waals surface area contributed by atoms with Gasteiger partial charge in [0.15, 0.2) is 6.29 Å². The second-order valence-electron chi connectivity index (χ2n) is 8.86. The molecular weight excluding hydrogens is 576 g/mol. The van der Waals surface area contributed by atoms with Gasteiger partial charge in [-0.15, -0.1) is 9.55 Å². The summed E-state index contributed by atoms with van der Waals surface area (Å²) < 4.78 is 106. The maximum absolute atomic E-state index is 13.7. The highest BCUT2D eigenvalue weighted by Gasteiger charge is 2.39. The van der Waals surface area contributed by atoms with Crippen molar-refractivity contribution in [3.05, 3.63) is 86.8 Å². The standard InChI is InChI=1S/C23H22F7N4O5P/c1-12(14-8-15(22(25,26)27)10-16(9-14)23(28,29)30)39-20-19(13-2-4-17(24)5-3-13)33(6-7-38-20)11-18-31-21(35)34(32-18)40(36)37/h2-5,8-10,12,19-20,36-37H,6-7,11H2,1H3,(H,31,32,35). The quantitative estimate of drug-likeness (QED) is 0.272. The van der Waals surface area contributed by atoms with Crippen molar-refractivity contribution in [1.29, 1.82) is 0 Å². The molecule has 9 nitrogen and oxygen atoms in total. The third-order valence-electron chi connectivity index (χ3n) is 6.11. The van der Waals surface area contributed by atoms with E-state index in [0.717, 1.165) is 12.1 Å². The molecule has 0 spiro atoms. The van der Waals surface area contributed by atoms with Crippen molar-refractivity contribution in [3.63, 3.8) is 0 Å². The molecule has 1 aliphatic heterocycles. The summed E-state index contributed by atoms with van der Waals surface area (Å²) in [6.07, 6.45) is -12.7. The number of nitrogens with one attached hydrogen (secondary N) is 1. The van der Waals surface area contributed by atoms with Crippen LogP contribution in [0, 0.1) is 5.82 Å². The molecule has 3 aromatic rings. The summed E-state index contributed by atoms with van der Waals surface area (Å²) >= 11 is 0. The van der Waals surface area contributed by atoms with Crippen molar-refractivity contribution in [1.82, 2.24) is 19.4 Å². The van der Waals surface area contributed by atoms with Crippen LogP contribution in [0.5, 0.6) is 0 Å². The van der Waals surface area contributed by atoms with E-state index in [2.05, 4.69) is 10.1 Å². The Labute approximate surface area is 222 Å². The molecule has 1 saturated heterocycles. The van der Waals surface area contributed by atoms with E-state index in [1.165, 1.54) is 19.1 Å². The summed E-state index contributed by atoms with van der Waals surface area (Å²) in [4.78, 5) is 34.7. The molecule has 3 unspecified atom stereocenters. The van der Waals surface area contributed by atoms with Crippen LogP contribution in [0.1, 0.15) is 47.1 Å². The van der Waals surface area contributed by atoms with Crippen LogP contribution in [0.15, 0.2) is 47.3 Å². The number of aromatic nitrogens is 3. The van der Waals surface area contributed by atoms with Crippen LogP contribution in [0.3, 0.4) is 0 Å². The monoisotopic (exact) mass is 598 g/mol. The largest absolute Gasteiger partial charge is 0.416 e. The first kappa shape index (κ1) is 30.1. The minimum Gasteiger partial charge on any atom is -0.349 e. The number of hydrogen-bond acceptors (Lipinski definition) is 7. The molecule has 17 heteroatoms. The molecule has 2 aromatic carbocycles. The van der Waals surface area contributed by atoms with Crippen molar-refractivity contribution in [2.75, 3.05) is 13.2 Å². The third kappa shape index (κ3) is 6.87. The van der Waals surface area contributed by atoms with Crippen LogP contribution in [0.2, 0.25) is 0 Å². The van der Waals surface area contributed by atoms with Crippen LogP contribution in [-0.4, -0.2) is 48.7 Å². The highest BCUT2D eigenvalue weighted by atomic mass is 31.2. The number of nitrogens with zero attached hydrogens (tertiary/aromatic N) is 3. The van der Waals surface area contributed by atoms with Crippen molar-refractivity contribution in [3.8, 4) is 0 Å². The van der Waals surface area contributed by atoms with Gasteiger partial charge in [0.1, 0.15) is 11.6 Å². The number of H-pyrrole nitrogens is 1. The van der Waals surface area contributed by atoms with Crippen molar-refractivity contribution < 1.29 is 50.0 Å². The Bertz CT molecular complexity index is 1350. The number of aromatic amines is 1. The summed E-state index contributed by atoms with van der Waals surface area (Å²) in [6, 6.07) is 5.34. The number of hydrogen-bond donors (Lipinski definition) is 3. The minimum absolute atomic E-state index is 0.00310. The SMILES string of the molecule is CC(OC1OCCN(Cc2nn(P(O)O)c(=O)[nH]2)C1c1ccc(F)cc1)c1cc(C(F)(F)F)cc(C(F)(F)F)c1. The first-order valence-electron chi connectivity index (χ1n) is 11.6. The molecule has 218 valence electrons. The van der Waals surface area contributed by atoms with E-state index in [0.29, 0.717) is 22.1 Å². The van der Waals surface area contributed by atoms with Crippen LogP contribution in [0.25, 0.3) is 0 Å². The molecule has 2 heterocycles. The second kappa shape index (κ2) is 11.5. The molecule has 0 amide bonds. The minimum atomic E-state index is -5.05. The number of halogens is 7. The lowest BCUT2D eigenvalue weighted by Crippen LogP contribution is -2.46. The molecule has 0 bridgehead atoms. The van der Waals surface area contributed by atoms with Gasteiger partial charge >= 0.3 is 26.6 Å². The van der Waals surface area contributed by atoms with E-state index in [9.17, 15) is 45.3 Å². The molecule has 3 N–H and O–H groups in total. The van der Waals surface area contributed by atoms with E-state index in [-0.39, 0.29) is 31.6 Å². The maximum Gasteiger partial charge on any atom is 0.416 e. The van der Waals surface area contributed by atoms with Gasteiger partial charge in [-0.25, -0.2) is 9.18 Å². The molecule has 1 fully saturated rings. The summed E-state index contributed by atoms with van der Waals surface area (Å²) in [6.45, 7) is 1.36. The van der Waals surface area contributed by atoms with Crippen LogP contribution < -0.4 is 5.69 Å². The van der Waals surface area contributed by atoms with Crippen LogP contribution in [0.4, 0.5) is 30.7 Å². The molecular formula is C23H22F7N4O5P. The van der Waals surface area contributed by atoms with Gasteiger partial charge in [0.05, 0.1) is 36.4 Å². The fourth-order valence-electron chi connectivity index (χ4n) is 4.24. The van der Waals surface area contributed by atoms with Crippen molar-refractivity contribution >= 4 is 8.53 Å². The highest BCUT2D eigenvalue weighted by Crippen LogP contribution is 2.40. The lowest BCUT2D eigenvalue weighted by atomic mass is 10.0. The Kier molecular flexibility index (Phi) is 8.68. The predicted octanol–water partition coefficient (Wildman–Crippen LogP) is 4.49. The highest BCUT2D eigenvalue weighted by molar-refractivity contribution is 7.43. The molecule has 1 aliphatic rings. The van der Waals surface area contributed by atoms with Gasteiger partial charge in [-0.1, -0.05) is 12.1 Å². The van der Waals surface area contributed by atoms with Gasteiger partial charge in [-0.3, -0.25) is 9.88 Å². The Morgan fingerprint density at radius 1 is 1.10 bits per heavy atom. The number of morpholine rings is 1. The zero-order chi connectivity index (χ0) is 29.4. The molecule has 3 atom stereocenters. The lowest BCUT2D eigenvalue weighted by Gasteiger charge is -2.41. The molecule has 0 radical (unpaired) electrons. The summed E-state index contributed by atoms with van der Waals surface area (Å²) in [7, 11) is -2.85. The molecule has 4 rings (SSSR count). The number of benzene rings is 2. The zero-order valence-electron chi connectivity index (χ0n) is 20.4. The first-order chi connectivity index (χ1) is 18.6. The Morgan fingerprint density at radius 3 is 2.23 bits per heavy atom. The predicted molar refractivity (Wildman–Crippen MR) is 125 cm³/mol. The number of ether oxygens (including phenoxy) is 2. The second-order valence-corrected chi connectivity index (χ2v) is 9.77. The topological polar surface area (TPSA) is 113 Å². The Balaban J connectivity index is 1.67. The van der Waals surface area contributed by atoms with Gasteiger partial charge in [-0.2, -0.15) is 26.3 Å². The average Bonchev–Trinajstić information content (AvgIpc) is 3.23. The molecule has 40 heavy (non-hydrogen) atoms. The van der Waals surface area contributed by atoms with Gasteiger partial charge < -0.3 is 19.3 Å². The first-order valence-corrected chi connectivity index (χ1v) is 12.8. The van der Waals surface area contributed by atoms with Crippen LogP contribution >= 0.6 is 8.53 Å². The number of alkyl halides is 6. The van der Waals surface area contributed by atoms with Gasteiger partial charge in [0.2, 0.25) is 0 Å². The third-order valence-corrected chi connectivity index (χ3v) is 6.72. The molecule has 1 aromatic heterocycles. The molecule has 0 aliphatic carbocycles. The van der Waals surface area contributed by atoms with E-state index >= 15 is 0 Å². The smallest absolute Gasteiger partial charge is 0.349 e. The fourth-order valence-corrected chi connectivity index (χ4v) is 4.64. The van der Waals surface area contributed by atoms with E-state index in [1.54, 1.807) is 4.90 Å². The van der Waals surface area contributed by atoms with E-state index < -0.39 is 67.5 Å². The Hall–Kier alpha value is -2.88. The van der Waals surface area contributed by atoms with Crippen LogP contribution in [-0.2, 0) is 28.4 Å². The normalized spacial score (nSPS) is 19.8. The van der Waals surface area contributed by atoms with Gasteiger partial charge in [0.25, 0.3) is 0 Å². The maximum atomic E-state index is 13.7. The van der Waals surface area contributed by atoms with Crippen molar-refractivity contribution in [2.45, 2.75) is 44.3 Å². The summed E-state index contributed by atoms with van der Waals surface area (Å²) in [5.41, 5.74) is -3.86. The summed E-state index contributed by atoms with van der Waals surface area (Å²) in [5, 5.41) is 3.83. The van der Waals surface area contributed by atoms with Gasteiger partial charge in [0, 0.05) is 6.54 Å². The average molecular weight is 598 g/mol. The lowest BCUT2D eigenvalue weighted by molar-refractivity contribution is -0.231. The van der Waals surface area contributed by atoms with E-state index in [1.807, 2.05) is 0 Å². The van der Waals surface area contributed by atoms with E-state index in [4.69, 9.17) is 9.47 Å². The number of rotatable bonds is 7. The van der Waals surface area contributed by atoms with Crippen molar-refractivity contribution in [2.24, 2.45) is 0 Å². The summed E-state index contributed by atoms with van der Waals surface area (Å²) in [5.74, 6) is -0.544. The fraction of sp³-hybridized carbons (Fsp3) is 0.391. The zero-order valence-corrected chi connectivity index (χ0v) is 21.3.